The summed E-state index contributed by atoms with van der Waals surface area (Å²) in [4.78, 5) is 6.78. The fraction of sp³-hybridized carbons (Fsp3) is 0.588. The van der Waals surface area contributed by atoms with Crippen molar-refractivity contribution in [3.8, 4) is 0 Å². The van der Waals surface area contributed by atoms with Crippen LogP contribution in [-0.2, 0) is 6.54 Å². The third-order valence-electron chi connectivity index (χ3n) is 4.16. The van der Waals surface area contributed by atoms with Crippen molar-refractivity contribution < 1.29 is 5.11 Å². The molecular weight excluding hydrogens is 425 g/mol. The molecule has 4 nitrogen and oxygen atoms in total. The van der Waals surface area contributed by atoms with Gasteiger partial charge >= 0.3 is 0 Å². The summed E-state index contributed by atoms with van der Waals surface area (Å²) in [6.45, 7) is 4.26. The molecule has 1 aromatic carbocycles. The molecule has 0 aliphatic heterocycles. The molecule has 2 rings (SSSR count). The molecule has 1 aromatic rings. The highest BCUT2D eigenvalue weighted by molar-refractivity contribution is 14.0. The molecule has 1 aliphatic rings. The monoisotopic (exact) mass is 451 g/mol. The Morgan fingerprint density at radius 2 is 2.13 bits per heavy atom. The van der Waals surface area contributed by atoms with Crippen LogP contribution in [-0.4, -0.2) is 42.2 Å². The number of benzene rings is 1. The van der Waals surface area contributed by atoms with Crippen LogP contribution in [0.15, 0.2) is 29.3 Å². The largest absolute Gasteiger partial charge is 0.393 e. The van der Waals surface area contributed by atoms with Crippen molar-refractivity contribution in [2.45, 2.75) is 38.8 Å². The molecular formula is C17H27ClIN3O. The molecule has 0 spiro atoms. The first kappa shape index (κ1) is 20.5. The highest BCUT2D eigenvalue weighted by Crippen LogP contribution is 2.25. The zero-order chi connectivity index (χ0) is 15.9. The number of nitrogens with one attached hydrogen (secondary N) is 1. The number of halogens is 2. The van der Waals surface area contributed by atoms with Gasteiger partial charge in [-0.15, -0.1) is 24.0 Å². The van der Waals surface area contributed by atoms with Gasteiger partial charge in [0.1, 0.15) is 0 Å². The number of aliphatic hydroxyl groups excluding tert-OH is 1. The first-order valence-electron chi connectivity index (χ1n) is 8.02. The molecule has 23 heavy (non-hydrogen) atoms. The van der Waals surface area contributed by atoms with Gasteiger partial charge in [0, 0.05) is 37.6 Å². The van der Waals surface area contributed by atoms with E-state index < -0.39 is 0 Å². The van der Waals surface area contributed by atoms with Crippen LogP contribution in [0.4, 0.5) is 0 Å². The third kappa shape index (κ3) is 6.12. The number of hydrogen-bond acceptors (Lipinski definition) is 2. The summed E-state index contributed by atoms with van der Waals surface area (Å²) in [5, 5.41) is 14.0. The van der Waals surface area contributed by atoms with Crippen LogP contribution >= 0.6 is 35.6 Å². The van der Waals surface area contributed by atoms with E-state index >= 15 is 0 Å². The number of nitrogens with zero attached hydrogens (tertiary/aromatic N) is 2. The van der Waals surface area contributed by atoms with E-state index in [1.165, 1.54) is 0 Å². The fourth-order valence-electron chi connectivity index (χ4n) is 2.86. The predicted molar refractivity (Wildman–Crippen MR) is 108 cm³/mol. The average molecular weight is 452 g/mol. The van der Waals surface area contributed by atoms with Crippen LogP contribution < -0.4 is 5.32 Å². The molecule has 1 saturated carbocycles. The Morgan fingerprint density at radius 1 is 1.39 bits per heavy atom. The van der Waals surface area contributed by atoms with Crippen LogP contribution in [0, 0.1) is 5.92 Å². The summed E-state index contributed by atoms with van der Waals surface area (Å²) >= 11 is 6.23. The van der Waals surface area contributed by atoms with Gasteiger partial charge in [-0.3, -0.25) is 4.99 Å². The van der Waals surface area contributed by atoms with Gasteiger partial charge < -0.3 is 15.3 Å². The second kappa shape index (κ2) is 10.4. The molecule has 0 aromatic heterocycles. The van der Waals surface area contributed by atoms with E-state index in [-0.39, 0.29) is 30.1 Å². The Kier molecular flexibility index (Phi) is 9.24. The highest BCUT2D eigenvalue weighted by Gasteiger charge is 2.25. The molecule has 0 bridgehead atoms. The van der Waals surface area contributed by atoms with Gasteiger partial charge in [-0.2, -0.15) is 0 Å². The van der Waals surface area contributed by atoms with Gasteiger partial charge in [-0.1, -0.05) is 36.2 Å². The van der Waals surface area contributed by atoms with Crippen molar-refractivity contribution in [2.24, 2.45) is 10.9 Å². The second-order valence-electron chi connectivity index (χ2n) is 5.90. The van der Waals surface area contributed by atoms with Crippen LogP contribution in [0.1, 0.15) is 31.7 Å². The van der Waals surface area contributed by atoms with Gasteiger partial charge in [-0.25, -0.2) is 0 Å². The third-order valence-corrected chi connectivity index (χ3v) is 4.53. The summed E-state index contributed by atoms with van der Waals surface area (Å²) in [5.74, 6) is 1.16. The lowest BCUT2D eigenvalue weighted by molar-refractivity contribution is 0.136. The lowest BCUT2D eigenvalue weighted by atomic mass is 10.1. The topological polar surface area (TPSA) is 47.9 Å². The van der Waals surface area contributed by atoms with Gasteiger partial charge in [0.2, 0.25) is 0 Å². The van der Waals surface area contributed by atoms with Crippen LogP contribution in [0.2, 0.25) is 5.02 Å². The summed E-state index contributed by atoms with van der Waals surface area (Å²) in [6, 6.07) is 7.87. The molecule has 1 fully saturated rings. The standard InChI is InChI=1S/C17H26ClN3O.HI/c1-3-19-17(20-11-13-8-6-10-16(13)22)21(2)12-14-7-4-5-9-15(14)18;/h4-5,7,9,13,16,22H,3,6,8,10-12H2,1-2H3,(H,19,20);1H. The van der Waals surface area contributed by atoms with Crippen molar-refractivity contribution in [3.63, 3.8) is 0 Å². The Bertz CT molecular complexity index is 512. The van der Waals surface area contributed by atoms with Crippen molar-refractivity contribution in [1.82, 2.24) is 10.2 Å². The highest BCUT2D eigenvalue weighted by atomic mass is 127. The SMILES string of the molecule is CCNC(=NCC1CCCC1O)N(C)Cc1ccccc1Cl.I. The molecule has 130 valence electrons. The molecule has 6 heteroatoms. The number of hydrogen-bond donors (Lipinski definition) is 2. The number of rotatable bonds is 5. The molecule has 0 amide bonds. The molecule has 0 heterocycles. The molecule has 2 unspecified atom stereocenters. The summed E-state index contributed by atoms with van der Waals surface area (Å²) < 4.78 is 0. The number of guanidine groups is 1. The van der Waals surface area contributed by atoms with E-state index in [1.54, 1.807) is 0 Å². The zero-order valence-electron chi connectivity index (χ0n) is 13.8. The van der Waals surface area contributed by atoms with Crippen LogP contribution in [0.25, 0.3) is 0 Å². The first-order valence-corrected chi connectivity index (χ1v) is 8.40. The van der Waals surface area contributed by atoms with Gasteiger partial charge in [0.15, 0.2) is 5.96 Å². The minimum atomic E-state index is -0.194. The number of aliphatic imine (C=N–C) groups is 1. The Morgan fingerprint density at radius 3 is 2.74 bits per heavy atom. The van der Waals surface area contributed by atoms with Gasteiger partial charge in [0.25, 0.3) is 0 Å². The minimum absolute atomic E-state index is 0. The van der Waals surface area contributed by atoms with E-state index in [2.05, 4.69) is 17.1 Å². The Labute approximate surface area is 161 Å². The quantitative estimate of drug-likeness (QED) is 0.409. The van der Waals surface area contributed by atoms with Crippen LogP contribution in [0.3, 0.4) is 0 Å². The normalized spacial score (nSPS) is 21.0. The average Bonchev–Trinajstić information content (AvgIpc) is 2.91. The molecule has 1 aliphatic carbocycles. The van der Waals surface area contributed by atoms with Crippen molar-refractivity contribution in [3.05, 3.63) is 34.9 Å². The lowest BCUT2D eigenvalue weighted by Gasteiger charge is -2.23. The Hall–Kier alpha value is -0.530. The fourth-order valence-corrected chi connectivity index (χ4v) is 3.06. The number of aliphatic hydroxyl groups is 1. The molecule has 2 atom stereocenters. The lowest BCUT2D eigenvalue weighted by Crippen LogP contribution is -2.39. The summed E-state index contributed by atoms with van der Waals surface area (Å²) in [6.07, 6.45) is 2.89. The second-order valence-corrected chi connectivity index (χ2v) is 6.31. The smallest absolute Gasteiger partial charge is 0.193 e. The minimum Gasteiger partial charge on any atom is -0.393 e. The first-order chi connectivity index (χ1) is 10.6. The van der Waals surface area contributed by atoms with Crippen molar-refractivity contribution in [1.29, 1.82) is 0 Å². The van der Waals surface area contributed by atoms with E-state index in [4.69, 9.17) is 16.6 Å². The van der Waals surface area contributed by atoms with Gasteiger partial charge in [0.05, 0.1) is 6.10 Å². The van der Waals surface area contributed by atoms with Gasteiger partial charge in [-0.05, 0) is 31.4 Å². The molecule has 0 radical (unpaired) electrons. The van der Waals surface area contributed by atoms with Crippen LogP contribution in [0.5, 0.6) is 0 Å². The summed E-state index contributed by atoms with van der Waals surface area (Å²) in [7, 11) is 2.01. The predicted octanol–water partition coefficient (Wildman–Crippen LogP) is 3.52. The maximum atomic E-state index is 9.92. The van der Waals surface area contributed by atoms with Crippen molar-refractivity contribution in [2.75, 3.05) is 20.1 Å². The zero-order valence-corrected chi connectivity index (χ0v) is 16.9. The van der Waals surface area contributed by atoms with E-state index in [9.17, 15) is 5.11 Å². The Balaban J connectivity index is 0.00000264. The maximum Gasteiger partial charge on any atom is 0.193 e. The van der Waals surface area contributed by atoms with Crippen molar-refractivity contribution >= 4 is 41.5 Å². The van der Waals surface area contributed by atoms with E-state index in [1.807, 2.05) is 31.3 Å². The van der Waals surface area contributed by atoms with E-state index in [0.717, 1.165) is 42.4 Å². The summed E-state index contributed by atoms with van der Waals surface area (Å²) in [5.41, 5.74) is 1.08. The maximum absolute atomic E-state index is 9.92. The molecule has 2 N–H and O–H groups in total. The van der Waals surface area contributed by atoms with E-state index in [0.29, 0.717) is 19.0 Å². The molecule has 0 saturated heterocycles.